The topological polar surface area (TPSA) is 84.9 Å². The van der Waals surface area contributed by atoms with Crippen LogP contribution in [-0.2, 0) is 16.1 Å². The van der Waals surface area contributed by atoms with E-state index in [-0.39, 0.29) is 6.54 Å². The van der Waals surface area contributed by atoms with Gasteiger partial charge in [-0.2, -0.15) is 0 Å². The van der Waals surface area contributed by atoms with E-state index in [4.69, 9.17) is 14.6 Å². The van der Waals surface area contributed by atoms with Crippen molar-refractivity contribution in [3.8, 4) is 11.5 Å². The third-order valence-corrected chi connectivity index (χ3v) is 2.61. The van der Waals surface area contributed by atoms with E-state index in [0.29, 0.717) is 24.7 Å². The number of fused-ring (bicyclic) bond motifs is 1. The van der Waals surface area contributed by atoms with Gasteiger partial charge in [0.1, 0.15) is 6.42 Å². The standard InChI is InChI=1S/C13H15NO5/c15-12(7-13(16)17)14-8-9-2-3-10-11(6-9)19-5-1-4-18-10/h2-3,6H,1,4-5,7-8H2,(H,14,15)(H,16,17). The fourth-order valence-electron chi connectivity index (χ4n) is 1.72. The van der Waals surface area contributed by atoms with Crippen molar-refractivity contribution in [1.82, 2.24) is 5.32 Å². The molecule has 1 amide bonds. The van der Waals surface area contributed by atoms with E-state index in [0.717, 1.165) is 12.0 Å². The van der Waals surface area contributed by atoms with E-state index in [2.05, 4.69) is 5.32 Å². The SMILES string of the molecule is O=C(O)CC(=O)NCc1ccc2c(c1)OCCCO2. The van der Waals surface area contributed by atoms with Crippen LogP contribution in [0.5, 0.6) is 11.5 Å². The van der Waals surface area contributed by atoms with Crippen LogP contribution >= 0.6 is 0 Å². The largest absolute Gasteiger partial charge is 0.490 e. The van der Waals surface area contributed by atoms with E-state index >= 15 is 0 Å². The lowest BCUT2D eigenvalue weighted by molar-refractivity contribution is -0.140. The molecule has 1 aromatic rings. The average Bonchev–Trinajstić information content (AvgIpc) is 2.60. The van der Waals surface area contributed by atoms with Gasteiger partial charge in [0.15, 0.2) is 11.5 Å². The second-order valence-corrected chi connectivity index (χ2v) is 4.18. The van der Waals surface area contributed by atoms with Crippen molar-refractivity contribution in [2.45, 2.75) is 19.4 Å². The molecule has 1 aliphatic rings. The van der Waals surface area contributed by atoms with Crippen molar-refractivity contribution in [3.05, 3.63) is 23.8 Å². The number of benzene rings is 1. The molecule has 0 fully saturated rings. The molecule has 0 aliphatic carbocycles. The predicted octanol–water partition coefficient (Wildman–Crippen LogP) is 0.939. The van der Waals surface area contributed by atoms with Gasteiger partial charge in [-0.1, -0.05) is 6.07 Å². The Hall–Kier alpha value is -2.24. The third kappa shape index (κ3) is 3.87. The highest BCUT2D eigenvalue weighted by Crippen LogP contribution is 2.30. The van der Waals surface area contributed by atoms with Gasteiger partial charge >= 0.3 is 5.97 Å². The number of hydrogen-bond acceptors (Lipinski definition) is 4. The number of carboxylic acids is 1. The highest BCUT2D eigenvalue weighted by Gasteiger charge is 2.11. The Kier molecular flexibility index (Phi) is 4.22. The highest BCUT2D eigenvalue weighted by molar-refractivity contribution is 5.93. The van der Waals surface area contributed by atoms with Crippen LogP contribution in [0.2, 0.25) is 0 Å². The number of hydrogen-bond donors (Lipinski definition) is 2. The summed E-state index contributed by atoms with van der Waals surface area (Å²) in [4.78, 5) is 21.6. The lowest BCUT2D eigenvalue weighted by Crippen LogP contribution is -2.25. The number of carboxylic acid groups (broad SMARTS) is 1. The molecule has 0 aromatic heterocycles. The fraction of sp³-hybridized carbons (Fsp3) is 0.385. The van der Waals surface area contributed by atoms with Crippen molar-refractivity contribution in [2.24, 2.45) is 0 Å². The first-order chi connectivity index (χ1) is 9.15. The number of aliphatic carboxylic acids is 1. The molecule has 0 radical (unpaired) electrons. The summed E-state index contributed by atoms with van der Waals surface area (Å²) < 4.78 is 11.0. The van der Waals surface area contributed by atoms with Crippen molar-refractivity contribution >= 4 is 11.9 Å². The number of carbonyl (C=O) groups excluding carboxylic acids is 1. The lowest BCUT2D eigenvalue weighted by atomic mass is 10.2. The molecule has 6 nitrogen and oxygen atoms in total. The summed E-state index contributed by atoms with van der Waals surface area (Å²) >= 11 is 0. The van der Waals surface area contributed by atoms with Crippen molar-refractivity contribution in [2.75, 3.05) is 13.2 Å². The van der Waals surface area contributed by atoms with Gasteiger partial charge in [-0.05, 0) is 17.7 Å². The number of nitrogens with one attached hydrogen (secondary N) is 1. The predicted molar refractivity (Wildman–Crippen MR) is 66.1 cm³/mol. The van der Waals surface area contributed by atoms with Gasteiger partial charge in [-0.25, -0.2) is 0 Å². The van der Waals surface area contributed by atoms with Crippen molar-refractivity contribution in [1.29, 1.82) is 0 Å². The minimum Gasteiger partial charge on any atom is -0.490 e. The molecule has 0 saturated heterocycles. The second kappa shape index (κ2) is 6.08. The van der Waals surface area contributed by atoms with E-state index in [1.54, 1.807) is 12.1 Å². The first kappa shape index (κ1) is 13.2. The molecular formula is C13H15NO5. The maximum absolute atomic E-state index is 11.2. The first-order valence-electron chi connectivity index (χ1n) is 6.02. The Morgan fingerprint density at radius 1 is 1.21 bits per heavy atom. The monoisotopic (exact) mass is 265 g/mol. The van der Waals surface area contributed by atoms with Gasteiger partial charge in [0, 0.05) is 13.0 Å². The zero-order valence-electron chi connectivity index (χ0n) is 10.3. The number of ether oxygens (including phenoxy) is 2. The summed E-state index contributed by atoms with van der Waals surface area (Å²) in [5.41, 5.74) is 0.836. The minimum atomic E-state index is -1.14. The van der Waals surface area contributed by atoms with Crippen molar-refractivity contribution in [3.63, 3.8) is 0 Å². The highest BCUT2D eigenvalue weighted by atomic mass is 16.5. The van der Waals surface area contributed by atoms with Gasteiger partial charge in [0.2, 0.25) is 5.91 Å². The molecule has 2 rings (SSSR count). The molecule has 1 aromatic carbocycles. The molecule has 6 heteroatoms. The Bertz CT molecular complexity index is 486. The van der Waals surface area contributed by atoms with E-state index in [9.17, 15) is 9.59 Å². The maximum atomic E-state index is 11.2. The molecule has 0 unspecified atom stereocenters. The molecule has 1 heterocycles. The zero-order chi connectivity index (χ0) is 13.7. The van der Waals surface area contributed by atoms with Crippen LogP contribution in [-0.4, -0.2) is 30.2 Å². The van der Waals surface area contributed by atoms with Crippen LogP contribution in [0.15, 0.2) is 18.2 Å². The minimum absolute atomic E-state index is 0.267. The molecule has 19 heavy (non-hydrogen) atoms. The summed E-state index contributed by atoms with van der Waals surface area (Å²) in [7, 11) is 0. The Labute approximate surface area is 110 Å². The molecular weight excluding hydrogens is 250 g/mol. The van der Waals surface area contributed by atoms with Gasteiger partial charge in [0.05, 0.1) is 13.2 Å². The second-order valence-electron chi connectivity index (χ2n) is 4.18. The summed E-state index contributed by atoms with van der Waals surface area (Å²) in [6.45, 7) is 1.49. The van der Waals surface area contributed by atoms with Gasteiger partial charge < -0.3 is 19.9 Å². The fourth-order valence-corrected chi connectivity index (χ4v) is 1.72. The van der Waals surface area contributed by atoms with Gasteiger partial charge in [0.25, 0.3) is 0 Å². The Morgan fingerprint density at radius 2 is 1.95 bits per heavy atom. The quantitative estimate of drug-likeness (QED) is 0.791. The van der Waals surface area contributed by atoms with E-state index < -0.39 is 18.3 Å². The molecule has 1 aliphatic heterocycles. The van der Waals surface area contributed by atoms with Crippen LogP contribution < -0.4 is 14.8 Å². The smallest absolute Gasteiger partial charge is 0.312 e. The number of rotatable bonds is 4. The van der Waals surface area contributed by atoms with Gasteiger partial charge in [-0.15, -0.1) is 0 Å². The molecule has 0 bridgehead atoms. The van der Waals surface area contributed by atoms with Crippen molar-refractivity contribution < 1.29 is 24.2 Å². The molecule has 0 saturated carbocycles. The van der Waals surface area contributed by atoms with E-state index in [1.807, 2.05) is 6.07 Å². The summed E-state index contributed by atoms with van der Waals surface area (Å²) in [6.07, 6.45) is 0.309. The Morgan fingerprint density at radius 3 is 2.68 bits per heavy atom. The van der Waals surface area contributed by atoms with Crippen LogP contribution in [0.3, 0.4) is 0 Å². The van der Waals surface area contributed by atoms with Crippen LogP contribution in [0.1, 0.15) is 18.4 Å². The Balaban J connectivity index is 1.96. The normalized spacial score (nSPS) is 13.5. The maximum Gasteiger partial charge on any atom is 0.312 e. The van der Waals surface area contributed by atoms with Crippen LogP contribution in [0.4, 0.5) is 0 Å². The first-order valence-corrected chi connectivity index (χ1v) is 6.02. The summed E-state index contributed by atoms with van der Waals surface area (Å²) in [5.74, 6) is -0.309. The summed E-state index contributed by atoms with van der Waals surface area (Å²) in [6, 6.07) is 5.40. The average molecular weight is 265 g/mol. The molecule has 0 atom stereocenters. The van der Waals surface area contributed by atoms with Crippen LogP contribution in [0.25, 0.3) is 0 Å². The molecule has 2 N–H and O–H groups in total. The number of amides is 1. The van der Waals surface area contributed by atoms with Crippen LogP contribution in [0, 0.1) is 0 Å². The summed E-state index contributed by atoms with van der Waals surface area (Å²) in [5, 5.41) is 11.0. The molecule has 102 valence electrons. The van der Waals surface area contributed by atoms with Gasteiger partial charge in [-0.3, -0.25) is 9.59 Å². The number of carbonyl (C=O) groups is 2. The molecule has 0 spiro atoms. The van der Waals surface area contributed by atoms with E-state index in [1.165, 1.54) is 0 Å². The zero-order valence-corrected chi connectivity index (χ0v) is 10.3. The third-order valence-electron chi connectivity index (χ3n) is 2.61. The lowest BCUT2D eigenvalue weighted by Gasteiger charge is -2.09.